The lowest BCUT2D eigenvalue weighted by atomic mass is 10.0. The van der Waals surface area contributed by atoms with E-state index in [9.17, 15) is 0 Å². The van der Waals surface area contributed by atoms with Gasteiger partial charge in [-0.3, -0.25) is 4.68 Å². The van der Waals surface area contributed by atoms with Gasteiger partial charge in [0.05, 0.1) is 22.5 Å². The topological polar surface area (TPSA) is 30.4 Å². The highest BCUT2D eigenvalue weighted by Crippen LogP contribution is 2.60. The SMILES string of the molecule is CCn1ncc(Br)c1[C@]12C[C@H](C)C[C@H]1O2. The minimum atomic E-state index is -0.00917. The molecule has 0 radical (unpaired) electrons. The Bertz CT molecular complexity index is 403. The maximum absolute atomic E-state index is 5.89. The Kier molecular flexibility index (Phi) is 2.02. The van der Waals surface area contributed by atoms with E-state index in [1.807, 2.05) is 6.20 Å². The van der Waals surface area contributed by atoms with Crippen molar-refractivity contribution in [3.8, 4) is 0 Å². The summed E-state index contributed by atoms with van der Waals surface area (Å²) in [4.78, 5) is 0. The Balaban J connectivity index is 2.03. The molecule has 2 fully saturated rings. The zero-order chi connectivity index (χ0) is 10.6. The second-order valence-corrected chi connectivity index (χ2v) is 5.55. The average molecular weight is 271 g/mol. The van der Waals surface area contributed by atoms with Crippen molar-refractivity contribution in [3.63, 3.8) is 0 Å². The summed E-state index contributed by atoms with van der Waals surface area (Å²) in [6, 6.07) is 0. The standard InChI is InChI=1S/C11H15BrN2O/c1-3-14-10(8(12)6-13-14)11-5-7(2)4-9(11)15-11/h6-7,9H,3-5H2,1-2H3/t7-,9-,11+/m1/s1. The van der Waals surface area contributed by atoms with Gasteiger partial charge >= 0.3 is 0 Å². The van der Waals surface area contributed by atoms with Crippen molar-refractivity contribution in [3.05, 3.63) is 16.4 Å². The van der Waals surface area contributed by atoms with E-state index < -0.39 is 0 Å². The van der Waals surface area contributed by atoms with Crippen molar-refractivity contribution in [1.29, 1.82) is 0 Å². The van der Waals surface area contributed by atoms with Crippen molar-refractivity contribution in [2.75, 3.05) is 0 Å². The Morgan fingerprint density at radius 1 is 1.73 bits per heavy atom. The fraction of sp³-hybridized carbons (Fsp3) is 0.727. The number of rotatable bonds is 2. The molecule has 3 nitrogen and oxygen atoms in total. The third-order valence-corrected chi connectivity index (χ3v) is 4.16. The Morgan fingerprint density at radius 3 is 3.13 bits per heavy atom. The van der Waals surface area contributed by atoms with E-state index in [-0.39, 0.29) is 5.60 Å². The first-order valence-electron chi connectivity index (χ1n) is 5.57. The second-order valence-electron chi connectivity index (χ2n) is 4.70. The lowest BCUT2D eigenvalue weighted by molar-refractivity contribution is 0.212. The molecule has 0 aromatic carbocycles. The summed E-state index contributed by atoms with van der Waals surface area (Å²) < 4.78 is 9.04. The highest BCUT2D eigenvalue weighted by molar-refractivity contribution is 9.10. The molecule has 4 heteroatoms. The summed E-state index contributed by atoms with van der Waals surface area (Å²) in [5.41, 5.74) is 1.24. The average Bonchev–Trinajstić information content (AvgIpc) is 2.57. The molecule has 1 aliphatic carbocycles. The van der Waals surface area contributed by atoms with Crippen LogP contribution in [0.5, 0.6) is 0 Å². The lowest BCUT2D eigenvalue weighted by Gasteiger charge is -2.13. The van der Waals surface area contributed by atoms with Crippen molar-refractivity contribution in [1.82, 2.24) is 9.78 Å². The molecule has 0 unspecified atom stereocenters. The molecule has 1 saturated carbocycles. The zero-order valence-electron chi connectivity index (χ0n) is 9.03. The number of ether oxygens (including phenoxy) is 1. The van der Waals surface area contributed by atoms with Gasteiger partial charge in [0.2, 0.25) is 0 Å². The maximum atomic E-state index is 5.89. The molecule has 1 saturated heterocycles. The van der Waals surface area contributed by atoms with Crippen LogP contribution in [0.25, 0.3) is 0 Å². The lowest BCUT2D eigenvalue weighted by Crippen LogP contribution is -2.16. The Hall–Kier alpha value is -0.350. The Labute approximate surface area is 97.9 Å². The molecule has 15 heavy (non-hydrogen) atoms. The van der Waals surface area contributed by atoms with Gasteiger partial charge in [-0.2, -0.15) is 5.10 Å². The van der Waals surface area contributed by atoms with Crippen LogP contribution in [0.3, 0.4) is 0 Å². The number of hydrogen-bond donors (Lipinski definition) is 0. The van der Waals surface area contributed by atoms with Gasteiger partial charge in [-0.05, 0) is 41.6 Å². The van der Waals surface area contributed by atoms with E-state index >= 15 is 0 Å². The van der Waals surface area contributed by atoms with E-state index in [4.69, 9.17) is 4.74 Å². The molecule has 82 valence electrons. The van der Waals surface area contributed by atoms with Crippen LogP contribution >= 0.6 is 15.9 Å². The molecule has 0 amide bonds. The second kappa shape index (κ2) is 3.08. The molecule has 1 aromatic heterocycles. The molecule has 0 spiro atoms. The number of fused-ring (bicyclic) bond motifs is 1. The summed E-state index contributed by atoms with van der Waals surface area (Å²) in [6.45, 7) is 5.33. The molecule has 1 aromatic rings. The summed E-state index contributed by atoms with van der Waals surface area (Å²) >= 11 is 3.59. The number of aromatic nitrogens is 2. The quantitative estimate of drug-likeness (QED) is 0.774. The van der Waals surface area contributed by atoms with Gasteiger partial charge in [0.25, 0.3) is 0 Å². The van der Waals surface area contributed by atoms with E-state index in [2.05, 4.69) is 39.6 Å². The minimum Gasteiger partial charge on any atom is -0.359 e. The van der Waals surface area contributed by atoms with Crippen molar-refractivity contribution < 1.29 is 4.74 Å². The van der Waals surface area contributed by atoms with Crippen molar-refractivity contribution >= 4 is 15.9 Å². The van der Waals surface area contributed by atoms with Gasteiger partial charge in [0.15, 0.2) is 0 Å². The smallest absolute Gasteiger partial charge is 0.138 e. The third kappa shape index (κ3) is 1.24. The fourth-order valence-electron chi connectivity index (χ4n) is 2.93. The van der Waals surface area contributed by atoms with Crippen LogP contribution in [0.2, 0.25) is 0 Å². The monoisotopic (exact) mass is 270 g/mol. The highest BCUT2D eigenvalue weighted by atomic mass is 79.9. The molecular weight excluding hydrogens is 256 g/mol. The summed E-state index contributed by atoms with van der Waals surface area (Å²) in [7, 11) is 0. The van der Waals surface area contributed by atoms with Gasteiger partial charge in [0.1, 0.15) is 5.60 Å². The van der Waals surface area contributed by atoms with Crippen LogP contribution in [0.15, 0.2) is 10.7 Å². The summed E-state index contributed by atoms with van der Waals surface area (Å²) in [6.07, 6.45) is 4.66. The van der Waals surface area contributed by atoms with Gasteiger partial charge in [0, 0.05) is 6.54 Å². The molecule has 2 aliphatic rings. The fourth-order valence-corrected chi connectivity index (χ4v) is 3.56. The van der Waals surface area contributed by atoms with Crippen LogP contribution in [-0.2, 0) is 16.9 Å². The van der Waals surface area contributed by atoms with Gasteiger partial charge in [-0.1, -0.05) is 6.92 Å². The van der Waals surface area contributed by atoms with Crippen LogP contribution in [0.1, 0.15) is 32.4 Å². The first kappa shape index (κ1) is 9.85. The summed E-state index contributed by atoms with van der Waals surface area (Å²) in [5, 5.41) is 4.37. The zero-order valence-corrected chi connectivity index (χ0v) is 10.6. The maximum Gasteiger partial charge on any atom is 0.138 e. The van der Waals surface area contributed by atoms with E-state index in [1.54, 1.807) is 0 Å². The molecule has 0 bridgehead atoms. The van der Waals surface area contributed by atoms with Gasteiger partial charge < -0.3 is 4.74 Å². The number of epoxide rings is 1. The number of nitrogens with zero attached hydrogens (tertiary/aromatic N) is 2. The van der Waals surface area contributed by atoms with Crippen LogP contribution < -0.4 is 0 Å². The van der Waals surface area contributed by atoms with E-state index in [0.717, 1.165) is 23.4 Å². The number of aryl methyl sites for hydroxylation is 1. The normalized spacial score (nSPS) is 38.1. The number of hydrogen-bond acceptors (Lipinski definition) is 2. The van der Waals surface area contributed by atoms with Crippen LogP contribution in [0, 0.1) is 5.92 Å². The molecule has 0 N–H and O–H groups in total. The predicted octanol–water partition coefficient (Wildman–Crippen LogP) is 2.69. The first-order chi connectivity index (χ1) is 7.17. The predicted molar refractivity (Wildman–Crippen MR) is 60.6 cm³/mol. The van der Waals surface area contributed by atoms with Crippen LogP contribution in [0.4, 0.5) is 0 Å². The summed E-state index contributed by atoms with van der Waals surface area (Å²) in [5.74, 6) is 0.774. The van der Waals surface area contributed by atoms with Crippen LogP contribution in [-0.4, -0.2) is 15.9 Å². The first-order valence-corrected chi connectivity index (χ1v) is 6.36. The molecular formula is C11H15BrN2O. The molecule has 1 aliphatic heterocycles. The van der Waals surface area contributed by atoms with E-state index in [1.165, 1.54) is 12.1 Å². The van der Waals surface area contributed by atoms with Crippen molar-refractivity contribution in [2.24, 2.45) is 5.92 Å². The highest BCUT2D eigenvalue weighted by Gasteiger charge is 2.64. The van der Waals surface area contributed by atoms with Crippen molar-refractivity contribution in [2.45, 2.75) is 44.9 Å². The Morgan fingerprint density at radius 2 is 2.53 bits per heavy atom. The van der Waals surface area contributed by atoms with Gasteiger partial charge in [-0.25, -0.2) is 0 Å². The molecule has 2 heterocycles. The third-order valence-electron chi connectivity index (χ3n) is 3.58. The van der Waals surface area contributed by atoms with Gasteiger partial charge in [-0.15, -0.1) is 0 Å². The van der Waals surface area contributed by atoms with E-state index in [0.29, 0.717) is 6.10 Å². The molecule has 3 atom stereocenters. The number of halogens is 1. The minimum absolute atomic E-state index is 0.00917. The largest absolute Gasteiger partial charge is 0.359 e. The molecule has 3 rings (SSSR count).